The van der Waals surface area contributed by atoms with Crippen molar-refractivity contribution in [2.45, 2.75) is 20.8 Å². The molecule has 0 spiro atoms. The second kappa shape index (κ2) is 9.12. The maximum absolute atomic E-state index is 14.3. The third kappa shape index (κ3) is 4.77. The molecule has 0 aliphatic carbocycles. The number of aryl methyl sites for hydroxylation is 2. The molecule has 3 aromatic rings. The quantitative estimate of drug-likeness (QED) is 0.573. The predicted octanol–water partition coefficient (Wildman–Crippen LogP) is 2.49. The summed E-state index contributed by atoms with van der Waals surface area (Å²) in [7, 11) is 0. The lowest BCUT2D eigenvalue weighted by atomic mass is 10.2. The highest BCUT2D eigenvalue weighted by Crippen LogP contribution is 2.22. The van der Waals surface area contributed by atoms with Crippen LogP contribution >= 0.6 is 0 Å². The van der Waals surface area contributed by atoms with Crippen molar-refractivity contribution in [2.24, 2.45) is 0 Å². The molecule has 156 valence electrons. The van der Waals surface area contributed by atoms with Gasteiger partial charge in [0.1, 0.15) is 6.54 Å². The third-order valence-electron chi connectivity index (χ3n) is 4.31. The van der Waals surface area contributed by atoms with Crippen molar-refractivity contribution in [1.82, 2.24) is 25.5 Å². The lowest BCUT2D eigenvalue weighted by Gasteiger charge is -2.21. The summed E-state index contributed by atoms with van der Waals surface area (Å²) in [4.78, 5) is 34.3. The molecule has 0 radical (unpaired) electrons. The van der Waals surface area contributed by atoms with Crippen LogP contribution in [0.15, 0.2) is 41.2 Å². The SMILES string of the molecule is CCN(CC(=O)NNc1ncc(-c2cc(C)no2)cc1F)C(=O)c1cccnc1C. The van der Waals surface area contributed by atoms with Gasteiger partial charge < -0.3 is 9.42 Å². The van der Waals surface area contributed by atoms with Crippen LogP contribution in [0.2, 0.25) is 0 Å². The van der Waals surface area contributed by atoms with E-state index in [-0.39, 0.29) is 18.3 Å². The minimum Gasteiger partial charge on any atom is -0.356 e. The van der Waals surface area contributed by atoms with E-state index in [1.54, 1.807) is 45.2 Å². The topological polar surface area (TPSA) is 113 Å². The van der Waals surface area contributed by atoms with Crippen molar-refractivity contribution < 1.29 is 18.5 Å². The van der Waals surface area contributed by atoms with Crippen LogP contribution in [0.4, 0.5) is 10.2 Å². The van der Waals surface area contributed by atoms with Crippen molar-refractivity contribution in [3.05, 3.63) is 59.4 Å². The van der Waals surface area contributed by atoms with Gasteiger partial charge >= 0.3 is 0 Å². The molecule has 0 unspecified atom stereocenters. The van der Waals surface area contributed by atoms with Gasteiger partial charge in [-0.3, -0.25) is 25.4 Å². The molecule has 0 atom stereocenters. The maximum atomic E-state index is 14.3. The standard InChI is InChI=1S/C20H21FN6O3/c1-4-27(20(29)15-6-5-7-22-13(15)3)11-18(28)24-25-19-16(21)9-14(10-23-19)17-8-12(2)26-30-17/h5-10H,4,11H2,1-3H3,(H,23,25)(H,24,28). The van der Waals surface area contributed by atoms with Gasteiger partial charge in [0.25, 0.3) is 11.8 Å². The van der Waals surface area contributed by atoms with Crippen LogP contribution in [-0.2, 0) is 4.79 Å². The number of halogens is 1. The molecule has 3 heterocycles. The number of hydrazine groups is 1. The number of aromatic nitrogens is 3. The molecular weight excluding hydrogens is 391 g/mol. The minimum absolute atomic E-state index is 0.166. The van der Waals surface area contributed by atoms with Gasteiger partial charge in [-0.2, -0.15) is 0 Å². The van der Waals surface area contributed by atoms with Crippen LogP contribution in [-0.4, -0.2) is 44.9 Å². The second-order valence-corrected chi connectivity index (χ2v) is 6.52. The summed E-state index contributed by atoms with van der Waals surface area (Å²) < 4.78 is 19.4. The van der Waals surface area contributed by atoms with Crippen molar-refractivity contribution in [1.29, 1.82) is 0 Å². The third-order valence-corrected chi connectivity index (χ3v) is 4.31. The highest BCUT2D eigenvalue weighted by molar-refractivity contribution is 5.97. The highest BCUT2D eigenvalue weighted by atomic mass is 19.1. The molecule has 0 aliphatic heterocycles. The molecule has 3 aromatic heterocycles. The fraction of sp³-hybridized carbons (Fsp3) is 0.250. The fourth-order valence-electron chi connectivity index (χ4n) is 2.71. The van der Waals surface area contributed by atoms with Gasteiger partial charge in [-0.15, -0.1) is 0 Å². The molecule has 2 amide bonds. The van der Waals surface area contributed by atoms with Gasteiger partial charge in [0.2, 0.25) is 0 Å². The van der Waals surface area contributed by atoms with E-state index in [1.807, 2.05) is 0 Å². The first-order chi connectivity index (χ1) is 14.4. The number of rotatable bonds is 7. The number of carbonyl (C=O) groups excluding carboxylic acids is 2. The second-order valence-electron chi connectivity index (χ2n) is 6.52. The van der Waals surface area contributed by atoms with Crippen LogP contribution in [0.5, 0.6) is 0 Å². The van der Waals surface area contributed by atoms with Crippen LogP contribution in [0.3, 0.4) is 0 Å². The molecule has 0 saturated carbocycles. The van der Waals surface area contributed by atoms with Crippen molar-refractivity contribution in [2.75, 3.05) is 18.5 Å². The maximum Gasteiger partial charge on any atom is 0.257 e. The molecule has 10 heteroatoms. The average Bonchev–Trinajstić information content (AvgIpc) is 3.17. The molecule has 0 saturated heterocycles. The zero-order chi connectivity index (χ0) is 21.7. The van der Waals surface area contributed by atoms with E-state index in [1.165, 1.54) is 17.2 Å². The molecule has 0 fully saturated rings. The Morgan fingerprint density at radius 1 is 1.23 bits per heavy atom. The molecule has 0 bridgehead atoms. The van der Waals surface area contributed by atoms with E-state index < -0.39 is 11.7 Å². The number of anilines is 1. The largest absolute Gasteiger partial charge is 0.356 e. The zero-order valence-corrected chi connectivity index (χ0v) is 16.8. The number of nitrogens with zero attached hydrogens (tertiary/aromatic N) is 4. The number of nitrogens with one attached hydrogen (secondary N) is 2. The normalized spacial score (nSPS) is 10.5. The van der Waals surface area contributed by atoms with Gasteiger partial charge in [-0.05, 0) is 39.0 Å². The summed E-state index contributed by atoms with van der Waals surface area (Å²) in [6.45, 7) is 5.34. The number of hydrogen-bond donors (Lipinski definition) is 2. The fourth-order valence-corrected chi connectivity index (χ4v) is 2.71. The van der Waals surface area contributed by atoms with Gasteiger partial charge in [-0.1, -0.05) is 5.16 Å². The lowest BCUT2D eigenvalue weighted by Crippen LogP contribution is -2.42. The first-order valence-corrected chi connectivity index (χ1v) is 9.24. The van der Waals surface area contributed by atoms with E-state index in [0.29, 0.717) is 34.8 Å². The van der Waals surface area contributed by atoms with E-state index in [2.05, 4.69) is 26.0 Å². The number of carbonyl (C=O) groups is 2. The molecule has 0 aliphatic rings. The predicted molar refractivity (Wildman–Crippen MR) is 107 cm³/mol. The zero-order valence-electron chi connectivity index (χ0n) is 16.8. The van der Waals surface area contributed by atoms with Gasteiger partial charge in [0.05, 0.1) is 11.3 Å². The Labute approximate surface area is 172 Å². The lowest BCUT2D eigenvalue weighted by molar-refractivity contribution is -0.121. The number of likely N-dealkylation sites (N-methyl/N-ethyl adjacent to an activating group) is 1. The van der Waals surface area contributed by atoms with Crippen LogP contribution < -0.4 is 10.9 Å². The summed E-state index contributed by atoms with van der Waals surface area (Å²) in [5.74, 6) is -1.30. The Morgan fingerprint density at radius 3 is 2.67 bits per heavy atom. The molecule has 2 N–H and O–H groups in total. The van der Waals surface area contributed by atoms with E-state index in [9.17, 15) is 14.0 Å². The van der Waals surface area contributed by atoms with Crippen LogP contribution in [0, 0.1) is 19.7 Å². The van der Waals surface area contributed by atoms with Crippen molar-refractivity contribution in [3.63, 3.8) is 0 Å². The van der Waals surface area contributed by atoms with E-state index in [4.69, 9.17) is 4.52 Å². The van der Waals surface area contributed by atoms with Gasteiger partial charge in [0, 0.05) is 36.3 Å². The Hall–Kier alpha value is -3.82. The highest BCUT2D eigenvalue weighted by Gasteiger charge is 2.19. The summed E-state index contributed by atoms with van der Waals surface area (Å²) >= 11 is 0. The van der Waals surface area contributed by atoms with E-state index >= 15 is 0 Å². The molecule has 30 heavy (non-hydrogen) atoms. The number of amides is 2. The summed E-state index contributed by atoms with van der Waals surface area (Å²) in [6.07, 6.45) is 2.99. The molecule has 0 aromatic carbocycles. The Balaban J connectivity index is 1.61. The Kier molecular flexibility index (Phi) is 6.35. The molecule has 3 rings (SSSR count). The summed E-state index contributed by atoms with van der Waals surface area (Å²) in [5, 5.41) is 3.75. The van der Waals surface area contributed by atoms with Crippen molar-refractivity contribution in [3.8, 4) is 11.3 Å². The first-order valence-electron chi connectivity index (χ1n) is 9.24. The summed E-state index contributed by atoms with van der Waals surface area (Å²) in [6, 6.07) is 6.19. The van der Waals surface area contributed by atoms with Gasteiger partial charge in [-0.25, -0.2) is 9.37 Å². The smallest absolute Gasteiger partial charge is 0.257 e. The average molecular weight is 412 g/mol. The van der Waals surface area contributed by atoms with Crippen molar-refractivity contribution >= 4 is 17.6 Å². The van der Waals surface area contributed by atoms with Gasteiger partial charge in [0.15, 0.2) is 17.4 Å². The van der Waals surface area contributed by atoms with Crippen LogP contribution in [0.1, 0.15) is 28.7 Å². The summed E-state index contributed by atoms with van der Waals surface area (Å²) in [5.41, 5.74) is 6.86. The molecule has 9 nitrogen and oxygen atoms in total. The van der Waals surface area contributed by atoms with E-state index in [0.717, 1.165) is 0 Å². The number of hydrogen-bond acceptors (Lipinski definition) is 7. The number of pyridine rings is 2. The first kappa shape index (κ1) is 20.9. The monoisotopic (exact) mass is 412 g/mol. The Morgan fingerprint density at radius 2 is 2.03 bits per heavy atom. The molecular formula is C20H21FN6O3. The Bertz CT molecular complexity index is 1070. The minimum atomic E-state index is -0.684. The van der Waals surface area contributed by atoms with Crippen LogP contribution in [0.25, 0.3) is 11.3 Å².